The van der Waals surface area contributed by atoms with Gasteiger partial charge in [-0.15, -0.1) is 0 Å². The van der Waals surface area contributed by atoms with Crippen LogP contribution in [0.25, 0.3) is 0 Å². The molecule has 4 heteroatoms. The van der Waals surface area contributed by atoms with Crippen LogP contribution < -0.4 is 0 Å². The van der Waals surface area contributed by atoms with Crippen molar-refractivity contribution in [1.82, 2.24) is 0 Å². The Morgan fingerprint density at radius 3 is 2.69 bits per heavy atom. The van der Waals surface area contributed by atoms with E-state index in [1.54, 1.807) is 12.1 Å². The van der Waals surface area contributed by atoms with Crippen LogP contribution in [0.2, 0.25) is 5.02 Å². The van der Waals surface area contributed by atoms with Gasteiger partial charge in [-0.1, -0.05) is 23.7 Å². The SMILES string of the molecule is Cc1c(Cl)cccc1CS(=O)(=O)CC1CC1. The van der Waals surface area contributed by atoms with E-state index in [-0.39, 0.29) is 5.75 Å². The number of hydrogen-bond donors (Lipinski definition) is 0. The molecule has 0 atom stereocenters. The van der Waals surface area contributed by atoms with E-state index in [0.717, 1.165) is 24.0 Å². The zero-order valence-electron chi connectivity index (χ0n) is 9.24. The highest BCUT2D eigenvalue weighted by molar-refractivity contribution is 7.90. The lowest BCUT2D eigenvalue weighted by atomic mass is 10.1. The number of halogens is 1. The average Bonchev–Trinajstić information content (AvgIpc) is 2.95. The van der Waals surface area contributed by atoms with Gasteiger partial charge in [0.1, 0.15) is 0 Å². The van der Waals surface area contributed by atoms with Gasteiger partial charge in [0.15, 0.2) is 9.84 Å². The molecule has 1 aliphatic rings. The summed E-state index contributed by atoms with van der Waals surface area (Å²) >= 11 is 5.97. The molecule has 0 aliphatic heterocycles. The standard InChI is InChI=1S/C12H15ClO2S/c1-9-11(3-2-4-12(9)13)8-16(14,15)7-10-5-6-10/h2-4,10H,5-8H2,1H3. The van der Waals surface area contributed by atoms with Crippen molar-refractivity contribution in [2.75, 3.05) is 5.75 Å². The van der Waals surface area contributed by atoms with Gasteiger partial charge in [-0.3, -0.25) is 0 Å². The Bertz CT molecular complexity index is 490. The summed E-state index contributed by atoms with van der Waals surface area (Å²) in [6.07, 6.45) is 2.13. The lowest BCUT2D eigenvalue weighted by molar-refractivity contribution is 0.591. The summed E-state index contributed by atoms with van der Waals surface area (Å²) in [7, 11) is -2.97. The van der Waals surface area contributed by atoms with Crippen LogP contribution >= 0.6 is 11.6 Å². The van der Waals surface area contributed by atoms with Crippen LogP contribution in [0.5, 0.6) is 0 Å². The van der Waals surface area contributed by atoms with Gasteiger partial charge in [-0.2, -0.15) is 0 Å². The minimum atomic E-state index is -2.97. The molecule has 0 aromatic heterocycles. The van der Waals surface area contributed by atoms with Crippen LogP contribution in [-0.4, -0.2) is 14.2 Å². The predicted octanol–water partition coefficient (Wildman–Crippen LogP) is 2.97. The first-order valence-electron chi connectivity index (χ1n) is 5.42. The highest BCUT2D eigenvalue weighted by Gasteiger charge is 2.28. The molecule has 0 saturated heterocycles. The number of sulfone groups is 1. The topological polar surface area (TPSA) is 34.1 Å². The van der Waals surface area contributed by atoms with Crippen LogP contribution in [-0.2, 0) is 15.6 Å². The second kappa shape index (κ2) is 4.38. The summed E-state index contributed by atoms with van der Waals surface area (Å²) in [5.41, 5.74) is 1.71. The first-order valence-corrected chi connectivity index (χ1v) is 7.62. The Kier molecular flexibility index (Phi) is 3.27. The predicted molar refractivity (Wildman–Crippen MR) is 66.4 cm³/mol. The van der Waals surface area contributed by atoms with E-state index in [0.29, 0.717) is 16.7 Å². The van der Waals surface area contributed by atoms with Crippen molar-refractivity contribution in [1.29, 1.82) is 0 Å². The maximum Gasteiger partial charge on any atom is 0.154 e. The molecule has 0 bridgehead atoms. The van der Waals surface area contributed by atoms with Crippen molar-refractivity contribution >= 4 is 21.4 Å². The molecule has 0 spiro atoms. The van der Waals surface area contributed by atoms with E-state index >= 15 is 0 Å². The van der Waals surface area contributed by atoms with Crippen LogP contribution in [0.3, 0.4) is 0 Å². The molecule has 1 aromatic carbocycles. The van der Waals surface area contributed by atoms with E-state index in [2.05, 4.69) is 0 Å². The van der Waals surface area contributed by atoms with Gasteiger partial charge in [-0.25, -0.2) is 8.42 Å². The van der Waals surface area contributed by atoms with Crippen molar-refractivity contribution < 1.29 is 8.42 Å². The average molecular weight is 259 g/mol. The van der Waals surface area contributed by atoms with Gasteiger partial charge in [0.2, 0.25) is 0 Å². The molecule has 0 amide bonds. The lowest BCUT2D eigenvalue weighted by Gasteiger charge is -2.08. The van der Waals surface area contributed by atoms with E-state index in [1.807, 2.05) is 13.0 Å². The molecule has 2 rings (SSSR count). The van der Waals surface area contributed by atoms with Crippen molar-refractivity contribution in [2.45, 2.75) is 25.5 Å². The minimum Gasteiger partial charge on any atom is -0.228 e. The maximum atomic E-state index is 11.9. The van der Waals surface area contributed by atoms with Gasteiger partial charge in [0, 0.05) is 5.02 Å². The van der Waals surface area contributed by atoms with Crippen LogP contribution in [0.15, 0.2) is 18.2 Å². The summed E-state index contributed by atoms with van der Waals surface area (Å²) in [4.78, 5) is 0. The molecule has 0 heterocycles. The summed E-state index contributed by atoms with van der Waals surface area (Å²) in [6.45, 7) is 1.87. The Morgan fingerprint density at radius 1 is 1.38 bits per heavy atom. The number of hydrogen-bond acceptors (Lipinski definition) is 2. The van der Waals surface area contributed by atoms with Crippen LogP contribution in [0, 0.1) is 12.8 Å². The zero-order chi connectivity index (χ0) is 11.8. The molecule has 1 fully saturated rings. The molecule has 1 aromatic rings. The largest absolute Gasteiger partial charge is 0.228 e. The summed E-state index contributed by atoms with van der Waals surface area (Å²) in [6, 6.07) is 5.43. The van der Waals surface area contributed by atoms with Crippen molar-refractivity contribution in [3.05, 3.63) is 34.3 Å². The third kappa shape index (κ3) is 2.98. The highest BCUT2D eigenvalue weighted by Crippen LogP contribution is 2.31. The van der Waals surface area contributed by atoms with Gasteiger partial charge < -0.3 is 0 Å². The molecule has 0 unspecified atom stereocenters. The summed E-state index contributed by atoms with van der Waals surface area (Å²) in [5.74, 6) is 0.860. The number of rotatable bonds is 4. The van der Waals surface area contributed by atoms with Crippen molar-refractivity contribution in [3.63, 3.8) is 0 Å². The maximum absolute atomic E-state index is 11.9. The van der Waals surface area contributed by atoms with Gasteiger partial charge in [-0.05, 0) is 42.9 Å². The fraction of sp³-hybridized carbons (Fsp3) is 0.500. The Balaban J connectivity index is 2.16. The molecule has 88 valence electrons. The third-order valence-electron chi connectivity index (χ3n) is 2.94. The summed E-state index contributed by atoms with van der Waals surface area (Å²) in [5, 5.41) is 0.638. The normalized spacial score (nSPS) is 16.4. The van der Waals surface area contributed by atoms with Gasteiger partial charge in [0.05, 0.1) is 11.5 Å². The van der Waals surface area contributed by atoms with E-state index in [4.69, 9.17) is 11.6 Å². The fourth-order valence-electron chi connectivity index (χ4n) is 1.75. The molecule has 2 nitrogen and oxygen atoms in total. The van der Waals surface area contributed by atoms with E-state index in [1.165, 1.54) is 0 Å². The molecular formula is C12H15ClO2S. The Labute approximate surface area is 102 Å². The van der Waals surface area contributed by atoms with Crippen molar-refractivity contribution in [3.8, 4) is 0 Å². The smallest absolute Gasteiger partial charge is 0.154 e. The molecule has 0 radical (unpaired) electrons. The molecular weight excluding hydrogens is 244 g/mol. The quantitative estimate of drug-likeness (QED) is 0.832. The number of benzene rings is 1. The van der Waals surface area contributed by atoms with Gasteiger partial charge >= 0.3 is 0 Å². The second-order valence-corrected chi connectivity index (χ2v) is 7.04. The zero-order valence-corrected chi connectivity index (χ0v) is 10.8. The summed E-state index contributed by atoms with van der Waals surface area (Å²) < 4.78 is 23.7. The lowest BCUT2D eigenvalue weighted by Crippen LogP contribution is -2.11. The van der Waals surface area contributed by atoms with E-state index in [9.17, 15) is 8.42 Å². The van der Waals surface area contributed by atoms with Crippen LogP contribution in [0.1, 0.15) is 24.0 Å². The van der Waals surface area contributed by atoms with Crippen LogP contribution in [0.4, 0.5) is 0 Å². The molecule has 1 aliphatic carbocycles. The minimum absolute atomic E-state index is 0.121. The highest BCUT2D eigenvalue weighted by atomic mass is 35.5. The second-order valence-electron chi connectivity index (χ2n) is 4.52. The Hall–Kier alpha value is -0.540. The first kappa shape index (κ1) is 11.9. The molecule has 0 N–H and O–H groups in total. The first-order chi connectivity index (χ1) is 7.48. The van der Waals surface area contributed by atoms with Crippen molar-refractivity contribution in [2.24, 2.45) is 5.92 Å². The Morgan fingerprint density at radius 2 is 2.06 bits per heavy atom. The van der Waals surface area contributed by atoms with E-state index < -0.39 is 9.84 Å². The third-order valence-corrected chi connectivity index (χ3v) is 5.08. The van der Waals surface area contributed by atoms with Gasteiger partial charge in [0.25, 0.3) is 0 Å². The fourth-order valence-corrected chi connectivity index (χ4v) is 3.90. The molecule has 1 saturated carbocycles. The monoisotopic (exact) mass is 258 g/mol. The molecule has 16 heavy (non-hydrogen) atoms.